The van der Waals surface area contributed by atoms with Gasteiger partial charge in [0.15, 0.2) is 6.61 Å². The summed E-state index contributed by atoms with van der Waals surface area (Å²) in [6.07, 6.45) is 8.93. The molecule has 1 heterocycles. The average Bonchev–Trinajstić information content (AvgIpc) is 2.72. The normalized spacial score (nSPS) is 15.1. The minimum atomic E-state index is -0.983. The molecule has 2 N–H and O–H groups in total. The molecule has 142 valence electrons. The summed E-state index contributed by atoms with van der Waals surface area (Å²) in [5.41, 5.74) is 4.25. The predicted molar refractivity (Wildman–Crippen MR) is 106 cm³/mol. The molecular weight excluding hydrogens is 340 g/mol. The van der Waals surface area contributed by atoms with E-state index in [1.54, 1.807) is 6.20 Å². The van der Waals surface area contributed by atoms with Gasteiger partial charge in [0.2, 0.25) is 0 Å². The number of nitrogens with one attached hydrogen (secondary N) is 1. The molecule has 5 heteroatoms. The summed E-state index contributed by atoms with van der Waals surface area (Å²) in [4.78, 5) is 15.3. The topological polar surface area (TPSA) is 71.5 Å². The number of nitrogens with zero attached hydrogens (tertiary/aromatic N) is 1. The Hall–Kier alpha value is -2.66. The SMILES string of the molecule is CC(NCc1cc(-c2ccccn2)ccc1OCC(=O)O)C1=CCCCC1. The third-order valence-electron chi connectivity index (χ3n) is 4.85. The zero-order valence-electron chi connectivity index (χ0n) is 15.6. The maximum absolute atomic E-state index is 10.9. The van der Waals surface area contributed by atoms with Crippen LogP contribution < -0.4 is 10.1 Å². The van der Waals surface area contributed by atoms with E-state index in [0.717, 1.165) is 29.7 Å². The van der Waals surface area contributed by atoms with Crippen LogP contribution >= 0.6 is 0 Å². The number of hydrogen-bond acceptors (Lipinski definition) is 4. The maximum atomic E-state index is 10.9. The van der Waals surface area contributed by atoms with Gasteiger partial charge in [-0.25, -0.2) is 4.79 Å². The number of carbonyl (C=O) groups is 1. The second-order valence-electron chi connectivity index (χ2n) is 6.85. The van der Waals surface area contributed by atoms with Gasteiger partial charge in [-0.3, -0.25) is 4.98 Å². The zero-order valence-corrected chi connectivity index (χ0v) is 15.6. The molecule has 1 atom stereocenters. The fourth-order valence-corrected chi connectivity index (χ4v) is 3.34. The van der Waals surface area contributed by atoms with Crippen LogP contribution in [0.25, 0.3) is 11.3 Å². The summed E-state index contributed by atoms with van der Waals surface area (Å²) >= 11 is 0. The third-order valence-corrected chi connectivity index (χ3v) is 4.85. The molecule has 0 amide bonds. The quantitative estimate of drug-likeness (QED) is 0.686. The Kier molecular flexibility index (Phi) is 6.60. The molecule has 1 unspecified atom stereocenters. The van der Waals surface area contributed by atoms with Gasteiger partial charge in [-0.1, -0.05) is 17.7 Å². The van der Waals surface area contributed by atoms with E-state index in [2.05, 4.69) is 23.3 Å². The van der Waals surface area contributed by atoms with E-state index in [1.807, 2.05) is 36.4 Å². The van der Waals surface area contributed by atoms with Crippen molar-refractivity contribution in [1.82, 2.24) is 10.3 Å². The Morgan fingerprint density at radius 3 is 2.89 bits per heavy atom. The molecule has 2 aromatic rings. The number of benzene rings is 1. The number of pyridine rings is 1. The number of rotatable bonds is 8. The number of hydrogen-bond donors (Lipinski definition) is 2. The molecule has 1 aliphatic carbocycles. The molecule has 27 heavy (non-hydrogen) atoms. The first-order valence-corrected chi connectivity index (χ1v) is 9.44. The highest BCUT2D eigenvalue weighted by Crippen LogP contribution is 2.27. The number of aromatic nitrogens is 1. The second-order valence-corrected chi connectivity index (χ2v) is 6.85. The van der Waals surface area contributed by atoms with Crippen molar-refractivity contribution in [2.75, 3.05) is 6.61 Å². The molecule has 0 saturated carbocycles. The summed E-state index contributed by atoms with van der Waals surface area (Å²) in [6.45, 7) is 2.43. The minimum absolute atomic E-state index is 0.288. The number of allylic oxidation sites excluding steroid dienone is 1. The van der Waals surface area contributed by atoms with E-state index in [1.165, 1.54) is 18.4 Å². The summed E-state index contributed by atoms with van der Waals surface area (Å²) < 4.78 is 5.49. The van der Waals surface area contributed by atoms with Gasteiger partial charge in [0.05, 0.1) is 5.69 Å². The highest BCUT2D eigenvalue weighted by Gasteiger charge is 2.14. The number of ether oxygens (including phenoxy) is 1. The summed E-state index contributed by atoms with van der Waals surface area (Å²) in [5.74, 6) is -0.391. The monoisotopic (exact) mass is 366 g/mol. The van der Waals surface area contributed by atoms with Gasteiger partial charge in [0.1, 0.15) is 5.75 Å². The maximum Gasteiger partial charge on any atom is 0.341 e. The van der Waals surface area contributed by atoms with E-state index < -0.39 is 5.97 Å². The van der Waals surface area contributed by atoms with Crippen molar-refractivity contribution < 1.29 is 14.6 Å². The highest BCUT2D eigenvalue weighted by molar-refractivity contribution is 5.69. The van der Waals surface area contributed by atoms with Crippen molar-refractivity contribution in [3.8, 4) is 17.0 Å². The minimum Gasteiger partial charge on any atom is -0.482 e. The lowest BCUT2D eigenvalue weighted by Gasteiger charge is -2.22. The van der Waals surface area contributed by atoms with Crippen molar-refractivity contribution in [2.45, 2.75) is 45.2 Å². The van der Waals surface area contributed by atoms with Crippen LogP contribution in [0.5, 0.6) is 5.75 Å². The van der Waals surface area contributed by atoms with Gasteiger partial charge in [0.25, 0.3) is 0 Å². The largest absolute Gasteiger partial charge is 0.482 e. The Bertz CT molecular complexity index is 802. The van der Waals surface area contributed by atoms with Crippen molar-refractivity contribution in [3.05, 3.63) is 59.8 Å². The first-order valence-electron chi connectivity index (χ1n) is 9.44. The lowest BCUT2D eigenvalue weighted by molar-refractivity contribution is -0.139. The first kappa shape index (κ1) is 19.1. The zero-order chi connectivity index (χ0) is 19.1. The van der Waals surface area contributed by atoms with Crippen LogP contribution in [0.15, 0.2) is 54.2 Å². The van der Waals surface area contributed by atoms with E-state index in [0.29, 0.717) is 12.3 Å². The van der Waals surface area contributed by atoms with Crippen LogP contribution in [0, 0.1) is 0 Å². The molecule has 5 nitrogen and oxygen atoms in total. The fraction of sp³-hybridized carbons (Fsp3) is 0.364. The molecule has 0 spiro atoms. The molecule has 0 saturated heterocycles. The number of aliphatic carboxylic acids is 1. The Morgan fingerprint density at radius 2 is 2.19 bits per heavy atom. The molecule has 1 aromatic heterocycles. The smallest absolute Gasteiger partial charge is 0.341 e. The molecule has 3 rings (SSSR count). The molecule has 0 bridgehead atoms. The number of carboxylic acids is 1. The van der Waals surface area contributed by atoms with Crippen molar-refractivity contribution in [3.63, 3.8) is 0 Å². The summed E-state index contributed by atoms with van der Waals surface area (Å²) in [7, 11) is 0. The standard InChI is InChI=1S/C22H26N2O3/c1-16(17-7-3-2-4-8-17)24-14-19-13-18(20-9-5-6-12-23-20)10-11-21(19)27-15-22(25)26/h5-7,9-13,16,24H,2-4,8,14-15H2,1H3,(H,25,26). The molecule has 1 aliphatic rings. The van der Waals surface area contributed by atoms with Gasteiger partial charge in [0, 0.05) is 29.9 Å². The molecule has 1 aromatic carbocycles. The third kappa shape index (κ3) is 5.41. The van der Waals surface area contributed by atoms with Crippen LogP contribution in [-0.2, 0) is 11.3 Å². The molecule has 0 fully saturated rings. The van der Waals surface area contributed by atoms with Gasteiger partial charge in [-0.2, -0.15) is 0 Å². The number of carboxylic acid groups (broad SMARTS) is 1. The van der Waals surface area contributed by atoms with E-state index in [9.17, 15) is 4.79 Å². The Morgan fingerprint density at radius 1 is 1.30 bits per heavy atom. The predicted octanol–water partition coefficient (Wildman–Crippen LogP) is 4.19. The van der Waals surface area contributed by atoms with Crippen molar-refractivity contribution in [1.29, 1.82) is 0 Å². The Balaban J connectivity index is 1.78. The van der Waals surface area contributed by atoms with Gasteiger partial charge in [-0.05, 0) is 62.9 Å². The lowest BCUT2D eigenvalue weighted by atomic mass is 9.94. The van der Waals surface area contributed by atoms with Crippen LogP contribution in [0.3, 0.4) is 0 Å². The second kappa shape index (κ2) is 9.33. The fourth-order valence-electron chi connectivity index (χ4n) is 3.34. The highest BCUT2D eigenvalue weighted by atomic mass is 16.5. The van der Waals surface area contributed by atoms with Gasteiger partial charge in [-0.15, -0.1) is 0 Å². The van der Waals surface area contributed by atoms with E-state index >= 15 is 0 Å². The van der Waals surface area contributed by atoms with Crippen LogP contribution in [-0.4, -0.2) is 28.7 Å². The first-order chi connectivity index (χ1) is 13.1. The van der Waals surface area contributed by atoms with E-state index in [4.69, 9.17) is 9.84 Å². The molecule has 0 radical (unpaired) electrons. The van der Waals surface area contributed by atoms with Crippen molar-refractivity contribution >= 4 is 5.97 Å². The lowest BCUT2D eigenvalue weighted by Crippen LogP contribution is -2.28. The molecular formula is C22H26N2O3. The average molecular weight is 366 g/mol. The van der Waals surface area contributed by atoms with Crippen LogP contribution in [0.4, 0.5) is 0 Å². The van der Waals surface area contributed by atoms with Crippen LogP contribution in [0.1, 0.15) is 38.2 Å². The van der Waals surface area contributed by atoms with Gasteiger partial charge < -0.3 is 15.2 Å². The van der Waals surface area contributed by atoms with Gasteiger partial charge >= 0.3 is 5.97 Å². The van der Waals surface area contributed by atoms with Crippen LogP contribution in [0.2, 0.25) is 0 Å². The van der Waals surface area contributed by atoms with Crippen molar-refractivity contribution in [2.24, 2.45) is 0 Å². The molecule has 0 aliphatic heterocycles. The van der Waals surface area contributed by atoms with E-state index in [-0.39, 0.29) is 12.6 Å². The summed E-state index contributed by atoms with van der Waals surface area (Å²) in [6, 6.07) is 11.8. The Labute approximate surface area is 160 Å². The summed E-state index contributed by atoms with van der Waals surface area (Å²) in [5, 5.41) is 12.5.